The number of amides is 2. The lowest BCUT2D eigenvalue weighted by Gasteiger charge is -2.23. The van der Waals surface area contributed by atoms with Crippen molar-refractivity contribution in [3.63, 3.8) is 0 Å². The van der Waals surface area contributed by atoms with Crippen LogP contribution in [0.15, 0.2) is 29.1 Å². The Morgan fingerprint density at radius 2 is 2.11 bits per heavy atom. The van der Waals surface area contributed by atoms with E-state index >= 15 is 0 Å². The second kappa shape index (κ2) is 6.94. The monoisotopic (exact) mass is 403 g/mol. The van der Waals surface area contributed by atoms with Crippen molar-refractivity contribution in [2.45, 2.75) is 32.7 Å². The summed E-state index contributed by atoms with van der Waals surface area (Å²) >= 11 is 7.49. The van der Waals surface area contributed by atoms with E-state index in [4.69, 9.17) is 11.6 Å². The summed E-state index contributed by atoms with van der Waals surface area (Å²) in [7, 11) is 0. The number of rotatable bonds is 2. The summed E-state index contributed by atoms with van der Waals surface area (Å²) in [6.45, 7) is 4.18. The van der Waals surface area contributed by atoms with Crippen LogP contribution in [0.4, 0.5) is 10.5 Å². The van der Waals surface area contributed by atoms with Crippen LogP contribution in [0, 0.1) is 13.8 Å². The lowest BCUT2D eigenvalue weighted by Crippen LogP contribution is -2.34. The zero-order valence-electron chi connectivity index (χ0n) is 14.9. The minimum Gasteiger partial charge on any atom is -0.315 e. The van der Waals surface area contributed by atoms with Gasteiger partial charge in [-0.1, -0.05) is 35.1 Å². The van der Waals surface area contributed by atoms with Crippen molar-refractivity contribution in [2.24, 2.45) is 0 Å². The molecule has 0 radical (unpaired) electrons. The molecule has 1 aliphatic heterocycles. The molecule has 0 bridgehead atoms. The van der Waals surface area contributed by atoms with Gasteiger partial charge in [0.25, 0.3) is 5.56 Å². The predicted molar refractivity (Wildman–Crippen MR) is 106 cm³/mol. The average Bonchev–Trinajstić information content (AvgIpc) is 3.28. The molecule has 3 aromatic rings. The molecule has 1 saturated heterocycles. The molecule has 1 aromatic carbocycles. The van der Waals surface area contributed by atoms with Crippen molar-refractivity contribution in [3.05, 3.63) is 55.9 Å². The number of aromatic nitrogens is 3. The Kier molecular flexibility index (Phi) is 4.61. The first-order valence-corrected chi connectivity index (χ1v) is 9.84. The molecule has 7 nitrogen and oxygen atoms in total. The molecule has 4 rings (SSSR count). The largest absolute Gasteiger partial charge is 0.322 e. The van der Waals surface area contributed by atoms with E-state index in [9.17, 15) is 9.59 Å². The fraction of sp³-hybridized carbons (Fsp3) is 0.333. The molecule has 0 spiro atoms. The third-order valence-electron chi connectivity index (χ3n) is 4.81. The van der Waals surface area contributed by atoms with Crippen molar-refractivity contribution in [3.8, 4) is 0 Å². The average molecular weight is 404 g/mol. The molecule has 1 aliphatic rings. The molecule has 1 atom stereocenters. The number of carbonyl (C=O) groups excluding carboxylic acids is 1. The minimum absolute atomic E-state index is 0.162. The Morgan fingerprint density at radius 1 is 1.33 bits per heavy atom. The molecule has 1 N–H and O–H groups in total. The Bertz CT molecular complexity index is 1090. The van der Waals surface area contributed by atoms with Gasteiger partial charge in [-0.25, -0.2) is 9.78 Å². The summed E-state index contributed by atoms with van der Waals surface area (Å²) < 4.78 is 1.34. The zero-order valence-corrected chi connectivity index (χ0v) is 16.5. The number of benzene rings is 1. The molecule has 3 heterocycles. The number of nitrogens with one attached hydrogen (secondary N) is 1. The summed E-state index contributed by atoms with van der Waals surface area (Å²) in [6, 6.07) is 6.72. The van der Waals surface area contributed by atoms with Crippen molar-refractivity contribution in [1.82, 2.24) is 19.5 Å². The lowest BCUT2D eigenvalue weighted by molar-refractivity contribution is 0.206. The summed E-state index contributed by atoms with van der Waals surface area (Å²) in [6.07, 6.45) is 1.67. The lowest BCUT2D eigenvalue weighted by atomic mass is 10.2. The van der Waals surface area contributed by atoms with Crippen LogP contribution in [-0.4, -0.2) is 32.1 Å². The molecular weight excluding hydrogens is 386 g/mol. The second-order valence-electron chi connectivity index (χ2n) is 6.52. The van der Waals surface area contributed by atoms with Crippen molar-refractivity contribution in [1.29, 1.82) is 0 Å². The maximum Gasteiger partial charge on any atom is 0.322 e. The maximum atomic E-state index is 12.8. The van der Waals surface area contributed by atoms with Crippen LogP contribution in [0.5, 0.6) is 0 Å². The predicted octanol–water partition coefficient (Wildman–Crippen LogP) is 3.79. The van der Waals surface area contributed by atoms with Gasteiger partial charge >= 0.3 is 6.03 Å². The molecule has 140 valence electrons. The first-order valence-electron chi connectivity index (χ1n) is 8.65. The fourth-order valence-electron chi connectivity index (χ4n) is 3.19. The first-order chi connectivity index (χ1) is 13.0. The Morgan fingerprint density at radius 3 is 2.89 bits per heavy atom. The summed E-state index contributed by atoms with van der Waals surface area (Å²) in [5.41, 5.74) is 1.70. The van der Waals surface area contributed by atoms with Gasteiger partial charge in [0.15, 0.2) is 0 Å². The molecule has 27 heavy (non-hydrogen) atoms. The molecule has 2 amide bonds. The zero-order chi connectivity index (χ0) is 19.1. The van der Waals surface area contributed by atoms with E-state index in [0.717, 1.165) is 17.8 Å². The number of halogens is 1. The van der Waals surface area contributed by atoms with E-state index in [0.29, 0.717) is 33.5 Å². The third-order valence-corrected chi connectivity index (χ3v) is 6.15. The third kappa shape index (κ3) is 3.19. The van der Waals surface area contributed by atoms with Gasteiger partial charge in [0.1, 0.15) is 5.01 Å². The Balaban J connectivity index is 1.64. The highest BCUT2D eigenvalue weighted by Gasteiger charge is 2.33. The van der Waals surface area contributed by atoms with E-state index in [2.05, 4.69) is 15.4 Å². The Labute approximate surface area is 164 Å². The van der Waals surface area contributed by atoms with Crippen LogP contribution >= 0.6 is 22.9 Å². The standard InChI is InChI=1S/C18H18ClN5O2S/c1-10-11(2)20-18-24(16(10)25)22-15(27-18)14-8-5-9-23(14)17(26)21-13-7-4-3-6-12(13)19/h3-4,6-7,14H,5,8-9H2,1-2H3,(H,21,26). The van der Waals surface area contributed by atoms with Crippen LogP contribution in [0.25, 0.3) is 4.96 Å². The number of anilines is 1. The topological polar surface area (TPSA) is 79.6 Å². The molecule has 2 aromatic heterocycles. The highest BCUT2D eigenvalue weighted by atomic mass is 35.5. The SMILES string of the molecule is Cc1nc2sc(C3CCCN3C(=O)Nc3ccccc3Cl)nn2c(=O)c1C. The van der Waals surface area contributed by atoms with Crippen LogP contribution in [0.2, 0.25) is 5.02 Å². The molecule has 9 heteroatoms. The maximum absolute atomic E-state index is 12.8. The van der Waals surface area contributed by atoms with Gasteiger partial charge in [-0.15, -0.1) is 0 Å². The normalized spacial score (nSPS) is 16.9. The smallest absolute Gasteiger partial charge is 0.315 e. The van der Waals surface area contributed by atoms with Crippen molar-refractivity contribution < 1.29 is 4.79 Å². The number of hydrogen-bond donors (Lipinski definition) is 1. The summed E-state index contributed by atoms with van der Waals surface area (Å²) in [5, 5.41) is 8.54. The fourth-order valence-corrected chi connectivity index (χ4v) is 4.46. The van der Waals surface area contributed by atoms with E-state index in [1.165, 1.54) is 15.9 Å². The first kappa shape index (κ1) is 17.9. The number of aryl methyl sites for hydroxylation is 1. The van der Waals surface area contributed by atoms with E-state index in [1.807, 2.05) is 19.1 Å². The number of fused-ring (bicyclic) bond motifs is 1. The number of urea groups is 1. The van der Waals surface area contributed by atoms with Crippen molar-refractivity contribution >= 4 is 39.6 Å². The highest BCUT2D eigenvalue weighted by molar-refractivity contribution is 7.16. The van der Waals surface area contributed by atoms with E-state index in [-0.39, 0.29) is 17.6 Å². The second-order valence-corrected chi connectivity index (χ2v) is 7.92. The van der Waals surface area contributed by atoms with Gasteiger partial charge in [0, 0.05) is 17.8 Å². The summed E-state index contributed by atoms with van der Waals surface area (Å²) in [4.78, 5) is 32.0. The number of hydrogen-bond acceptors (Lipinski definition) is 5. The number of para-hydroxylation sites is 1. The highest BCUT2D eigenvalue weighted by Crippen LogP contribution is 2.34. The van der Waals surface area contributed by atoms with Gasteiger partial charge < -0.3 is 10.2 Å². The van der Waals surface area contributed by atoms with Gasteiger partial charge in [0.2, 0.25) is 4.96 Å². The number of nitrogens with zero attached hydrogens (tertiary/aromatic N) is 4. The minimum atomic E-state index is -0.225. The quantitative estimate of drug-likeness (QED) is 0.705. The van der Waals surface area contributed by atoms with Gasteiger partial charge in [-0.05, 0) is 38.8 Å². The van der Waals surface area contributed by atoms with Crippen LogP contribution in [0.3, 0.4) is 0 Å². The van der Waals surface area contributed by atoms with Crippen molar-refractivity contribution in [2.75, 3.05) is 11.9 Å². The Hall–Kier alpha value is -2.45. The van der Waals surface area contributed by atoms with E-state index in [1.54, 1.807) is 24.0 Å². The van der Waals surface area contributed by atoms with E-state index < -0.39 is 0 Å². The number of likely N-dealkylation sites (tertiary alicyclic amines) is 1. The van der Waals surface area contributed by atoms with Crippen LogP contribution in [-0.2, 0) is 0 Å². The molecule has 1 fully saturated rings. The molecule has 1 unspecified atom stereocenters. The van der Waals surface area contributed by atoms with Crippen LogP contribution < -0.4 is 10.9 Å². The summed E-state index contributed by atoms with van der Waals surface area (Å²) in [5.74, 6) is 0. The van der Waals surface area contributed by atoms with Crippen LogP contribution in [0.1, 0.15) is 35.1 Å². The van der Waals surface area contributed by atoms with Gasteiger partial charge in [-0.3, -0.25) is 4.79 Å². The molecular formula is C18H18ClN5O2S. The van der Waals surface area contributed by atoms with Gasteiger partial charge in [0.05, 0.1) is 16.8 Å². The van der Waals surface area contributed by atoms with Gasteiger partial charge in [-0.2, -0.15) is 9.61 Å². The molecule has 0 aliphatic carbocycles. The number of carbonyl (C=O) groups is 1. The molecule has 0 saturated carbocycles.